The van der Waals surface area contributed by atoms with Crippen LogP contribution in [0.15, 0.2) is 39.8 Å². The van der Waals surface area contributed by atoms with Crippen molar-refractivity contribution < 1.29 is 0 Å². The maximum Gasteiger partial charge on any atom is 0.195 e. The minimum Gasteiger partial charge on any atom is -0.289 e. The second-order valence-electron chi connectivity index (χ2n) is 3.06. The molecule has 2 aromatic heterocycles. The van der Waals surface area contributed by atoms with Gasteiger partial charge in [-0.05, 0) is 35.0 Å². The van der Waals surface area contributed by atoms with Crippen LogP contribution in [0.1, 0.15) is 0 Å². The van der Waals surface area contributed by atoms with Crippen molar-refractivity contribution in [1.29, 1.82) is 0 Å². The molecule has 3 heteroatoms. The molecule has 0 fully saturated rings. The molecule has 0 atom stereocenters. The second kappa shape index (κ2) is 2.90. The fraction of sp³-hybridized carbons (Fsp3) is 0. The lowest BCUT2D eigenvalue weighted by atomic mass is 10.3. The van der Waals surface area contributed by atoms with E-state index in [1.165, 1.54) is 0 Å². The van der Waals surface area contributed by atoms with Crippen LogP contribution in [0.3, 0.4) is 0 Å². The maximum atomic E-state index is 12.0. The third kappa shape index (κ3) is 1.03. The molecule has 0 unspecified atom stereocenters. The largest absolute Gasteiger partial charge is 0.289 e. The van der Waals surface area contributed by atoms with Gasteiger partial charge in [0.2, 0.25) is 0 Å². The predicted octanol–water partition coefficient (Wildman–Crippen LogP) is 3.48. The van der Waals surface area contributed by atoms with Gasteiger partial charge in [0.15, 0.2) is 5.43 Å². The highest BCUT2D eigenvalue weighted by molar-refractivity contribution is 7.18. The van der Waals surface area contributed by atoms with Gasteiger partial charge in [-0.15, -0.1) is 22.7 Å². The summed E-state index contributed by atoms with van der Waals surface area (Å²) in [5, 5.41) is 5.60. The summed E-state index contributed by atoms with van der Waals surface area (Å²) in [7, 11) is 0. The SMILES string of the molecule is O=c1c2ccsc2ccc2sccc12. The molecule has 14 heavy (non-hydrogen) atoms. The summed E-state index contributed by atoms with van der Waals surface area (Å²) >= 11 is 3.23. The Labute approximate surface area is 88.2 Å². The number of hydrogen-bond acceptors (Lipinski definition) is 3. The lowest BCUT2D eigenvalue weighted by Gasteiger charge is -1.76. The van der Waals surface area contributed by atoms with Crippen LogP contribution in [-0.2, 0) is 0 Å². The van der Waals surface area contributed by atoms with E-state index in [1.807, 2.05) is 35.0 Å². The molecule has 0 saturated carbocycles. The van der Waals surface area contributed by atoms with Gasteiger partial charge >= 0.3 is 0 Å². The third-order valence-electron chi connectivity index (χ3n) is 2.27. The zero-order valence-electron chi connectivity index (χ0n) is 7.19. The second-order valence-corrected chi connectivity index (χ2v) is 4.95. The van der Waals surface area contributed by atoms with Gasteiger partial charge in [-0.2, -0.15) is 0 Å². The zero-order valence-corrected chi connectivity index (χ0v) is 8.82. The molecule has 3 aromatic rings. The zero-order chi connectivity index (χ0) is 9.54. The molecular weight excluding hydrogens is 212 g/mol. The highest BCUT2D eigenvalue weighted by atomic mass is 32.1. The van der Waals surface area contributed by atoms with E-state index in [0.717, 1.165) is 20.2 Å². The van der Waals surface area contributed by atoms with E-state index in [0.29, 0.717) is 0 Å². The fourth-order valence-electron chi connectivity index (χ4n) is 1.57. The molecule has 0 amide bonds. The van der Waals surface area contributed by atoms with Crippen LogP contribution in [-0.4, -0.2) is 0 Å². The van der Waals surface area contributed by atoms with Gasteiger partial charge in [-0.1, -0.05) is 0 Å². The molecule has 0 aliphatic heterocycles. The number of fused-ring (bicyclic) bond motifs is 2. The van der Waals surface area contributed by atoms with Gasteiger partial charge in [0, 0.05) is 20.2 Å². The highest BCUT2D eigenvalue weighted by Gasteiger charge is 2.02. The first-order valence-corrected chi connectivity index (χ1v) is 6.00. The molecule has 0 bridgehead atoms. The van der Waals surface area contributed by atoms with E-state index in [4.69, 9.17) is 0 Å². The van der Waals surface area contributed by atoms with Crippen molar-refractivity contribution in [2.45, 2.75) is 0 Å². The molecular formula is C11H6OS2. The Bertz CT molecular complexity index is 607. The first kappa shape index (κ1) is 8.15. The number of rotatable bonds is 0. The van der Waals surface area contributed by atoms with Gasteiger partial charge in [-0.3, -0.25) is 4.79 Å². The Balaban J connectivity index is 2.74. The van der Waals surface area contributed by atoms with Gasteiger partial charge in [-0.25, -0.2) is 0 Å². The predicted molar refractivity (Wildman–Crippen MR) is 63.5 cm³/mol. The topological polar surface area (TPSA) is 17.1 Å². The number of thiophene rings is 2. The Morgan fingerprint density at radius 3 is 1.79 bits per heavy atom. The summed E-state index contributed by atoms with van der Waals surface area (Å²) in [6.45, 7) is 0. The van der Waals surface area contributed by atoms with Gasteiger partial charge in [0.25, 0.3) is 0 Å². The first-order valence-electron chi connectivity index (χ1n) is 4.24. The van der Waals surface area contributed by atoms with Gasteiger partial charge < -0.3 is 0 Å². The van der Waals surface area contributed by atoms with Crippen LogP contribution in [0.4, 0.5) is 0 Å². The molecule has 0 saturated heterocycles. The van der Waals surface area contributed by atoms with Crippen molar-refractivity contribution in [2.24, 2.45) is 0 Å². The van der Waals surface area contributed by atoms with E-state index in [9.17, 15) is 4.79 Å². The van der Waals surface area contributed by atoms with E-state index in [-0.39, 0.29) is 5.43 Å². The van der Waals surface area contributed by atoms with Crippen LogP contribution >= 0.6 is 22.7 Å². The average molecular weight is 218 g/mol. The average Bonchev–Trinajstić information content (AvgIpc) is 2.81. The summed E-state index contributed by atoms with van der Waals surface area (Å²) in [6, 6.07) is 7.86. The van der Waals surface area contributed by atoms with E-state index in [1.54, 1.807) is 22.7 Å². The fourth-order valence-corrected chi connectivity index (χ4v) is 3.14. The molecule has 0 N–H and O–H groups in total. The summed E-state index contributed by atoms with van der Waals surface area (Å²) in [5.41, 5.74) is 0.155. The van der Waals surface area contributed by atoms with Crippen molar-refractivity contribution in [2.75, 3.05) is 0 Å². The van der Waals surface area contributed by atoms with Crippen molar-refractivity contribution in [3.8, 4) is 0 Å². The molecule has 1 nitrogen and oxygen atoms in total. The molecule has 68 valence electrons. The maximum absolute atomic E-state index is 12.0. The highest BCUT2D eigenvalue weighted by Crippen LogP contribution is 2.22. The summed E-state index contributed by atoms with van der Waals surface area (Å²) in [5.74, 6) is 0. The minimum atomic E-state index is 0.155. The summed E-state index contributed by atoms with van der Waals surface area (Å²) in [6.07, 6.45) is 0. The molecule has 0 aliphatic carbocycles. The quantitative estimate of drug-likeness (QED) is 0.564. The van der Waals surface area contributed by atoms with E-state index < -0.39 is 0 Å². The van der Waals surface area contributed by atoms with Gasteiger partial charge in [0.05, 0.1) is 0 Å². The molecule has 0 spiro atoms. The normalized spacial score (nSPS) is 11.1. The first-order chi connectivity index (χ1) is 6.86. The lowest BCUT2D eigenvalue weighted by molar-refractivity contribution is 1.87. The Morgan fingerprint density at radius 1 is 0.786 bits per heavy atom. The minimum absolute atomic E-state index is 0.155. The van der Waals surface area contributed by atoms with Crippen molar-refractivity contribution in [3.05, 3.63) is 45.2 Å². The Kier molecular flexibility index (Phi) is 1.69. The molecule has 0 radical (unpaired) electrons. The van der Waals surface area contributed by atoms with Crippen LogP contribution in [0.5, 0.6) is 0 Å². The van der Waals surface area contributed by atoms with Gasteiger partial charge in [0.1, 0.15) is 0 Å². The lowest BCUT2D eigenvalue weighted by Crippen LogP contribution is -1.94. The Hall–Kier alpha value is -1.19. The van der Waals surface area contributed by atoms with Crippen LogP contribution in [0.2, 0.25) is 0 Å². The van der Waals surface area contributed by atoms with Crippen LogP contribution in [0, 0.1) is 0 Å². The molecule has 1 aromatic carbocycles. The van der Waals surface area contributed by atoms with Crippen molar-refractivity contribution >= 4 is 42.8 Å². The van der Waals surface area contributed by atoms with Crippen molar-refractivity contribution in [1.82, 2.24) is 0 Å². The molecule has 3 rings (SSSR count). The summed E-state index contributed by atoms with van der Waals surface area (Å²) < 4.78 is 2.14. The third-order valence-corrected chi connectivity index (χ3v) is 4.03. The summed E-state index contributed by atoms with van der Waals surface area (Å²) in [4.78, 5) is 12.0. The van der Waals surface area contributed by atoms with Crippen LogP contribution < -0.4 is 5.43 Å². The van der Waals surface area contributed by atoms with E-state index in [2.05, 4.69) is 0 Å². The number of hydrogen-bond donors (Lipinski definition) is 0. The van der Waals surface area contributed by atoms with Crippen LogP contribution in [0.25, 0.3) is 20.2 Å². The standard InChI is InChI=1S/C11H6OS2/c12-11-7-3-5-13-9(7)1-2-10-8(11)4-6-14-10/h1-6H. The molecule has 2 heterocycles. The Morgan fingerprint density at radius 2 is 1.29 bits per heavy atom. The smallest absolute Gasteiger partial charge is 0.195 e. The van der Waals surface area contributed by atoms with E-state index >= 15 is 0 Å². The van der Waals surface area contributed by atoms with Crippen molar-refractivity contribution in [3.63, 3.8) is 0 Å². The molecule has 0 aliphatic rings. The monoisotopic (exact) mass is 218 g/mol.